The maximum absolute atomic E-state index is 12.3. The maximum atomic E-state index is 12.3. The van der Waals surface area contributed by atoms with E-state index >= 15 is 0 Å². The van der Waals surface area contributed by atoms with Crippen LogP contribution < -0.4 is 10.8 Å². The molecule has 1 fully saturated rings. The smallest absolute Gasteiger partial charge is 0.238 e. The zero-order chi connectivity index (χ0) is 18.7. The van der Waals surface area contributed by atoms with E-state index in [4.69, 9.17) is 21.4 Å². The van der Waals surface area contributed by atoms with Crippen LogP contribution in [0.25, 0.3) is 0 Å². The molecule has 0 radical (unpaired) electrons. The number of carbonyl (C=O) groups excluding carboxylic acids is 1. The highest BCUT2D eigenvalue weighted by Gasteiger charge is 2.40. The van der Waals surface area contributed by atoms with Gasteiger partial charge in [-0.05, 0) is 24.3 Å². The number of amides is 1. The number of amidine groups is 1. The van der Waals surface area contributed by atoms with Crippen LogP contribution >= 0.6 is 11.6 Å². The Bertz CT molecular complexity index is 850. The third-order valence-corrected chi connectivity index (χ3v) is 5.04. The molecule has 2 aliphatic rings. The van der Waals surface area contributed by atoms with Crippen LogP contribution in [-0.4, -0.2) is 47.0 Å². The number of hydroxylamine groups is 1. The first-order chi connectivity index (χ1) is 13.1. The Hall–Kier alpha value is -2.48. The van der Waals surface area contributed by atoms with Gasteiger partial charge < -0.3 is 5.32 Å². The molecule has 3 heterocycles. The number of hydrogen-bond acceptors (Lipinski definition) is 6. The SMILES string of the molecule is O=C(CN1CCC2(CC1)N=C(c1ccccn1)NO2)Nc1ccccc1Cl. The number of hydrogen-bond donors (Lipinski definition) is 2. The van der Waals surface area contributed by atoms with Gasteiger partial charge in [-0.1, -0.05) is 29.8 Å². The molecule has 1 amide bonds. The zero-order valence-electron chi connectivity index (χ0n) is 14.7. The van der Waals surface area contributed by atoms with Crippen LogP contribution in [0.4, 0.5) is 5.69 Å². The van der Waals surface area contributed by atoms with Gasteiger partial charge in [-0.2, -0.15) is 0 Å². The van der Waals surface area contributed by atoms with E-state index in [1.807, 2.05) is 30.3 Å². The second-order valence-corrected chi connectivity index (χ2v) is 7.04. The van der Waals surface area contributed by atoms with E-state index in [-0.39, 0.29) is 5.91 Å². The summed E-state index contributed by atoms with van der Waals surface area (Å²) in [5, 5.41) is 3.39. The van der Waals surface area contributed by atoms with Gasteiger partial charge in [0.25, 0.3) is 0 Å². The molecule has 8 heteroatoms. The van der Waals surface area contributed by atoms with Crippen molar-refractivity contribution in [2.24, 2.45) is 4.99 Å². The molecule has 0 atom stereocenters. The molecule has 27 heavy (non-hydrogen) atoms. The normalized spacial score (nSPS) is 18.8. The van der Waals surface area contributed by atoms with Gasteiger partial charge in [-0.25, -0.2) is 15.3 Å². The predicted molar refractivity (Wildman–Crippen MR) is 103 cm³/mol. The minimum absolute atomic E-state index is 0.0813. The van der Waals surface area contributed by atoms with Crippen molar-refractivity contribution in [2.75, 3.05) is 25.0 Å². The number of aliphatic imine (C=N–C) groups is 1. The molecular formula is C19H20ClN5O2. The van der Waals surface area contributed by atoms with Crippen LogP contribution in [-0.2, 0) is 9.63 Å². The number of rotatable bonds is 4. The lowest BCUT2D eigenvalue weighted by Gasteiger charge is -2.35. The molecule has 2 aromatic rings. The fraction of sp³-hybridized carbons (Fsp3) is 0.316. The summed E-state index contributed by atoms with van der Waals surface area (Å²) in [5.41, 5.74) is 3.71. The van der Waals surface area contributed by atoms with Crippen LogP contribution in [0.5, 0.6) is 0 Å². The quantitative estimate of drug-likeness (QED) is 0.845. The summed E-state index contributed by atoms with van der Waals surface area (Å²) in [6.07, 6.45) is 3.14. The topological polar surface area (TPSA) is 78.9 Å². The molecule has 0 bridgehead atoms. The first-order valence-electron chi connectivity index (χ1n) is 8.86. The van der Waals surface area contributed by atoms with Gasteiger partial charge in [-0.15, -0.1) is 0 Å². The lowest BCUT2D eigenvalue weighted by Crippen LogP contribution is -2.46. The highest BCUT2D eigenvalue weighted by atomic mass is 35.5. The van der Waals surface area contributed by atoms with Gasteiger partial charge in [0.1, 0.15) is 5.69 Å². The molecular weight excluding hydrogens is 366 g/mol. The molecule has 0 unspecified atom stereocenters. The molecule has 1 aromatic carbocycles. The molecule has 7 nitrogen and oxygen atoms in total. The highest BCUT2D eigenvalue weighted by molar-refractivity contribution is 6.33. The third kappa shape index (κ3) is 4.10. The summed E-state index contributed by atoms with van der Waals surface area (Å²) in [5.74, 6) is 0.572. The van der Waals surface area contributed by atoms with Gasteiger partial charge in [0, 0.05) is 32.1 Å². The Morgan fingerprint density at radius 1 is 1.22 bits per heavy atom. The summed E-state index contributed by atoms with van der Waals surface area (Å²) in [6.45, 7) is 1.75. The largest absolute Gasteiger partial charge is 0.324 e. The van der Waals surface area contributed by atoms with Crippen molar-refractivity contribution in [3.05, 3.63) is 59.4 Å². The van der Waals surface area contributed by atoms with Gasteiger partial charge in [0.05, 0.1) is 17.3 Å². The van der Waals surface area contributed by atoms with Crippen LogP contribution in [0.1, 0.15) is 18.5 Å². The lowest BCUT2D eigenvalue weighted by atomic mass is 10.0. The number of piperidine rings is 1. The Labute approximate surface area is 162 Å². The number of anilines is 1. The van der Waals surface area contributed by atoms with E-state index < -0.39 is 5.72 Å². The second kappa shape index (κ2) is 7.64. The standard InChI is InChI=1S/C19H20ClN5O2/c20-14-5-1-2-6-15(14)22-17(26)13-25-11-8-19(9-12-25)23-18(24-27-19)16-7-3-4-10-21-16/h1-7,10H,8-9,11-13H2,(H,22,26)(H,23,24). The van der Waals surface area contributed by atoms with Crippen LogP contribution in [0.3, 0.4) is 0 Å². The number of likely N-dealkylation sites (tertiary alicyclic amines) is 1. The van der Waals surface area contributed by atoms with Crippen LogP contribution in [0.15, 0.2) is 53.7 Å². The molecule has 1 spiro atoms. The fourth-order valence-electron chi connectivity index (χ4n) is 3.23. The summed E-state index contributed by atoms with van der Waals surface area (Å²) < 4.78 is 0. The molecule has 4 rings (SSSR count). The van der Waals surface area contributed by atoms with E-state index in [1.54, 1.807) is 18.3 Å². The summed E-state index contributed by atoms with van der Waals surface area (Å²) >= 11 is 6.09. The van der Waals surface area contributed by atoms with Crippen molar-refractivity contribution in [2.45, 2.75) is 18.6 Å². The molecule has 0 aliphatic carbocycles. The van der Waals surface area contributed by atoms with E-state index in [0.717, 1.165) is 18.8 Å². The number of halogens is 1. The van der Waals surface area contributed by atoms with Crippen molar-refractivity contribution in [3.63, 3.8) is 0 Å². The van der Waals surface area contributed by atoms with E-state index in [0.29, 0.717) is 35.9 Å². The number of aromatic nitrogens is 1. The first-order valence-corrected chi connectivity index (χ1v) is 9.23. The van der Waals surface area contributed by atoms with Crippen molar-refractivity contribution < 1.29 is 9.63 Å². The summed E-state index contributed by atoms with van der Waals surface area (Å²) in [6, 6.07) is 12.9. The van der Waals surface area contributed by atoms with Crippen molar-refractivity contribution in [3.8, 4) is 0 Å². The van der Waals surface area contributed by atoms with E-state index in [2.05, 4.69) is 20.7 Å². The predicted octanol–water partition coefficient (Wildman–Crippen LogP) is 2.45. The van der Waals surface area contributed by atoms with Gasteiger partial charge in [0.15, 0.2) is 11.6 Å². The van der Waals surface area contributed by atoms with E-state index in [9.17, 15) is 4.79 Å². The molecule has 2 N–H and O–H groups in total. The summed E-state index contributed by atoms with van der Waals surface area (Å²) in [4.78, 5) is 29.2. The number of carbonyl (C=O) groups is 1. The first kappa shape index (κ1) is 17.9. The Morgan fingerprint density at radius 2 is 2.00 bits per heavy atom. The van der Waals surface area contributed by atoms with Crippen molar-refractivity contribution >= 4 is 29.0 Å². The van der Waals surface area contributed by atoms with Crippen LogP contribution in [0.2, 0.25) is 5.02 Å². The van der Waals surface area contributed by atoms with Crippen molar-refractivity contribution in [1.82, 2.24) is 15.4 Å². The zero-order valence-corrected chi connectivity index (χ0v) is 15.4. The average molecular weight is 386 g/mol. The molecule has 140 valence electrons. The Kier molecular flexibility index (Phi) is 5.07. The number of pyridine rings is 1. The number of nitrogens with zero attached hydrogens (tertiary/aromatic N) is 3. The maximum Gasteiger partial charge on any atom is 0.238 e. The Morgan fingerprint density at radius 3 is 2.74 bits per heavy atom. The molecule has 1 saturated heterocycles. The average Bonchev–Trinajstić information content (AvgIpc) is 3.10. The minimum Gasteiger partial charge on any atom is -0.324 e. The van der Waals surface area contributed by atoms with Gasteiger partial charge in [0.2, 0.25) is 5.91 Å². The van der Waals surface area contributed by atoms with Crippen LogP contribution in [0, 0.1) is 0 Å². The summed E-state index contributed by atoms with van der Waals surface area (Å²) in [7, 11) is 0. The van der Waals surface area contributed by atoms with E-state index in [1.165, 1.54) is 0 Å². The lowest BCUT2D eigenvalue weighted by molar-refractivity contribution is -0.120. The molecule has 2 aliphatic heterocycles. The van der Waals surface area contributed by atoms with Crippen molar-refractivity contribution in [1.29, 1.82) is 0 Å². The third-order valence-electron chi connectivity index (χ3n) is 4.71. The number of para-hydroxylation sites is 1. The second-order valence-electron chi connectivity index (χ2n) is 6.63. The highest BCUT2D eigenvalue weighted by Crippen LogP contribution is 2.30. The minimum atomic E-state index is -0.581. The number of nitrogens with one attached hydrogen (secondary N) is 2. The fourth-order valence-corrected chi connectivity index (χ4v) is 3.42. The molecule has 1 aromatic heterocycles. The number of benzene rings is 1. The van der Waals surface area contributed by atoms with Gasteiger partial charge >= 0.3 is 0 Å². The Balaban J connectivity index is 1.32. The molecule has 0 saturated carbocycles. The monoisotopic (exact) mass is 385 g/mol. The van der Waals surface area contributed by atoms with Gasteiger partial charge in [-0.3, -0.25) is 14.7 Å².